The molecule has 0 fully saturated rings. The number of benzene rings is 1. The molecule has 1 aromatic heterocycles. The monoisotopic (exact) mass is 289 g/mol. The Kier molecular flexibility index (Phi) is 4.29. The van der Waals surface area contributed by atoms with E-state index in [1.54, 1.807) is 23.5 Å². The minimum absolute atomic E-state index is 0.0230. The highest BCUT2D eigenvalue weighted by atomic mass is 32.1. The number of hydrogen-bond acceptors (Lipinski definition) is 4. The van der Waals surface area contributed by atoms with Crippen molar-refractivity contribution in [1.82, 2.24) is 5.32 Å². The van der Waals surface area contributed by atoms with Gasteiger partial charge >= 0.3 is 0 Å². The van der Waals surface area contributed by atoms with E-state index in [4.69, 9.17) is 5.73 Å². The molecule has 0 aliphatic rings. The third-order valence-corrected chi connectivity index (χ3v) is 3.84. The highest BCUT2D eigenvalue weighted by molar-refractivity contribution is 7.07. The molecule has 0 saturated heterocycles. The second kappa shape index (κ2) is 5.96. The van der Waals surface area contributed by atoms with Gasteiger partial charge in [-0.15, -0.1) is 0 Å². The lowest BCUT2D eigenvalue weighted by atomic mass is 10.1. The zero-order valence-electron chi connectivity index (χ0n) is 11.9. The summed E-state index contributed by atoms with van der Waals surface area (Å²) in [5.41, 5.74) is 8.94. The van der Waals surface area contributed by atoms with Crippen LogP contribution in [0.3, 0.4) is 0 Å². The second-order valence-corrected chi connectivity index (χ2v) is 5.70. The van der Waals surface area contributed by atoms with Crippen LogP contribution in [0.1, 0.15) is 28.9 Å². The Morgan fingerprint density at radius 2 is 2.10 bits per heavy atom. The first-order valence-electron chi connectivity index (χ1n) is 6.39. The first kappa shape index (κ1) is 14.4. The lowest BCUT2D eigenvalue weighted by Gasteiger charge is -2.19. The van der Waals surface area contributed by atoms with Gasteiger partial charge in [0.25, 0.3) is 5.91 Å². The molecule has 0 bridgehead atoms. The molecule has 1 aromatic carbocycles. The number of rotatable bonds is 4. The normalized spacial score (nSPS) is 11.9. The third-order valence-electron chi connectivity index (χ3n) is 3.14. The maximum Gasteiger partial charge on any atom is 0.253 e. The predicted octanol–water partition coefficient (Wildman–Crippen LogP) is 2.89. The fourth-order valence-electron chi connectivity index (χ4n) is 2.00. The molecule has 0 spiro atoms. The predicted molar refractivity (Wildman–Crippen MR) is 85.4 cm³/mol. The lowest BCUT2D eigenvalue weighted by Crippen LogP contribution is -2.28. The van der Waals surface area contributed by atoms with Gasteiger partial charge in [0.1, 0.15) is 0 Å². The van der Waals surface area contributed by atoms with Crippen LogP contribution >= 0.6 is 11.3 Å². The Morgan fingerprint density at radius 3 is 2.70 bits per heavy atom. The van der Waals surface area contributed by atoms with E-state index in [-0.39, 0.29) is 11.9 Å². The molecule has 20 heavy (non-hydrogen) atoms. The largest absolute Gasteiger partial charge is 0.399 e. The van der Waals surface area contributed by atoms with Crippen molar-refractivity contribution in [2.45, 2.75) is 13.0 Å². The third kappa shape index (κ3) is 3.11. The summed E-state index contributed by atoms with van der Waals surface area (Å²) in [5, 5.41) is 7.05. The molecule has 0 saturated carbocycles. The van der Waals surface area contributed by atoms with E-state index in [1.807, 2.05) is 48.8 Å². The van der Waals surface area contributed by atoms with E-state index in [2.05, 4.69) is 5.32 Å². The number of nitrogens with two attached hydrogens (primary N) is 1. The summed E-state index contributed by atoms with van der Waals surface area (Å²) in [6.07, 6.45) is 0. The highest BCUT2D eigenvalue weighted by Crippen LogP contribution is 2.23. The van der Waals surface area contributed by atoms with E-state index >= 15 is 0 Å². The van der Waals surface area contributed by atoms with Gasteiger partial charge in [0, 0.05) is 25.5 Å². The fourth-order valence-corrected chi connectivity index (χ4v) is 2.76. The molecule has 1 unspecified atom stereocenters. The molecule has 2 rings (SSSR count). The Morgan fingerprint density at radius 1 is 1.35 bits per heavy atom. The van der Waals surface area contributed by atoms with Crippen molar-refractivity contribution in [2.75, 3.05) is 24.7 Å². The average molecular weight is 289 g/mol. The van der Waals surface area contributed by atoms with E-state index in [0.717, 1.165) is 11.3 Å². The molecule has 1 atom stereocenters. The van der Waals surface area contributed by atoms with Crippen LogP contribution in [-0.2, 0) is 0 Å². The van der Waals surface area contributed by atoms with E-state index in [1.165, 1.54) is 0 Å². The molecule has 106 valence electrons. The maximum atomic E-state index is 12.4. The summed E-state index contributed by atoms with van der Waals surface area (Å²) < 4.78 is 0. The summed E-state index contributed by atoms with van der Waals surface area (Å²) in [5.74, 6) is -0.111. The number of carbonyl (C=O) groups is 1. The zero-order valence-corrected chi connectivity index (χ0v) is 12.7. The van der Waals surface area contributed by atoms with Crippen molar-refractivity contribution >= 4 is 28.6 Å². The number of hydrogen-bond donors (Lipinski definition) is 2. The standard InChI is InChI=1S/C15H19N3OS/c1-10(11-6-7-20-9-11)17-15(19)13-8-12(16)4-5-14(13)18(2)3/h4-10H,16H2,1-3H3,(H,17,19). The molecule has 0 aliphatic carbocycles. The van der Waals surface area contributed by atoms with E-state index in [9.17, 15) is 4.79 Å². The van der Waals surface area contributed by atoms with Crippen LogP contribution in [0.15, 0.2) is 35.0 Å². The molecular formula is C15H19N3OS. The lowest BCUT2D eigenvalue weighted by molar-refractivity contribution is 0.0940. The van der Waals surface area contributed by atoms with Gasteiger partial charge < -0.3 is 16.0 Å². The number of nitrogens with zero attached hydrogens (tertiary/aromatic N) is 1. The highest BCUT2D eigenvalue weighted by Gasteiger charge is 2.16. The van der Waals surface area contributed by atoms with Crippen LogP contribution in [0.25, 0.3) is 0 Å². The van der Waals surface area contributed by atoms with Crippen molar-refractivity contribution in [3.63, 3.8) is 0 Å². The van der Waals surface area contributed by atoms with Crippen molar-refractivity contribution in [1.29, 1.82) is 0 Å². The summed E-state index contributed by atoms with van der Waals surface area (Å²) >= 11 is 1.62. The molecule has 4 nitrogen and oxygen atoms in total. The number of thiophene rings is 1. The topological polar surface area (TPSA) is 58.4 Å². The molecular weight excluding hydrogens is 270 g/mol. The molecule has 2 aromatic rings. The summed E-state index contributed by atoms with van der Waals surface area (Å²) in [6, 6.07) is 7.37. The van der Waals surface area contributed by atoms with Gasteiger partial charge in [-0.2, -0.15) is 11.3 Å². The van der Waals surface area contributed by atoms with Gasteiger partial charge in [-0.05, 0) is 47.5 Å². The van der Waals surface area contributed by atoms with Gasteiger partial charge in [0.05, 0.1) is 11.6 Å². The minimum atomic E-state index is -0.111. The molecule has 1 heterocycles. The summed E-state index contributed by atoms with van der Waals surface area (Å²) in [4.78, 5) is 14.3. The fraction of sp³-hybridized carbons (Fsp3) is 0.267. The van der Waals surface area contributed by atoms with Crippen LogP contribution in [0, 0.1) is 0 Å². The van der Waals surface area contributed by atoms with Gasteiger partial charge in [-0.25, -0.2) is 0 Å². The van der Waals surface area contributed by atoms with Crippen LogP contribution in [-0.4, -0.2) is 20.0 Å². The van der Waals surface area contributed by atoms with Crippen LogP contribution in [0.2, 0.25) is 0 Å². The molecule has 1 amide bonds. The van der Waals surface area contributed by atoms with Crippen molar-refractivity contribution in [3.8, 4) is 0 Å². The van der Waals surface area contributed by atoms with E-state index in [0.29, 0.717) is 11.3 Å². The Hall–Kier alpha value is -2.01. The van der Waals surface area contributed by atoms with Crippen LogP contribution in [0.5, 0.6) is 0 Å². The SMILES string of the molecule is CC(NC(=O)c1cc(N)ccc1N(C)C)c1ccsc1. The molecule has 3 N–H and O–H groups in total. The Bertz CT molecular complexity index is 593. The number of nitrogens with one attached hydrogen (secondary N) is 1. The number of carbonyl (C=O) groups excluding carboxylic acids is 1. The smallest absolute Gasteiger partial charge is 0.253 e. The number of anilines is 2. The van der Waals surface area contributed by atoms with Gasteiger partial charge in [0.15, 0.2) is 0 Å². The number of nitrogen functional groups attached to an aromatic ring is 1. The minimum Gasteiger partial charge on any atom is -0.399 e. The van der Waals surface area contributed by atoms with Crippen molar-refractivity contribution in [3.05, 3.63) is 46.2 Å². The van der Waals surface area contributed by atoms with Gasteiger partial charge in [-0.1, -0.05) is 0 Å². The number of amides is 1. The van der Waals surface area contributed by atoms with Crippen LogP contribution < -0.4 is 16.0 Å². The Balaban J connectivity index is 2.22. The molecule has 0 aliphatic heterocycles. The first-order valence-corrected chi connectivity index (χ1v) is 7.33. The van der Waals surface area contributed by atoms with E-state index < -0.39 is 0 Å². The molecule has 0 radical (unpaired) electrons. The van der Waals surface area contributed by atoms with Gasteiger partial charge in [0.2, 0.25) is 0 Å². The summed E-state index contributed by atoms with van der Waals surface area (Å²) in [7, 11) is 3.81. The Labute approximate surface area is 123 Å². The van der Waals surface area contributed by atoms with Crippen molar-refractivity contribution in [2.24, 2.45) is 0 Å². The molecule has 5 heteroatoms. The van der Waals surface area contributed by atoms with Gasteiger partial charge in [-0.3, -0.25) is 4.79 Å². The average Bonchev–Trinajstić information content (AvgIpc) is 2.92. The first-order chi connectivity index (χ1) is 9.49. The van der Waals surface area contributed by atoms with Crippen molar-refractivity contribution < 1.29 is 4.79 Å². The van der Waals surface area contributed by atoms with Crippen LogP contribution in [0.4, 0.5) is 11.4 Å². The summed E-state index contributed by atoms with van der Waals surface area (Å²) in [6.45, 7) is 1.97. The second-order valence-electron chi connectivity index (χ2n) is 4.92. The zero-order chi connectivity index (χ0) is 14.7. The quantitative estimate of drug-likeness (QED) is 0.851. The maximum absolute atomic E-state index is 12.4.